The van der Waals surface area contributed by atoms with Crippen molar-refractivity contribution in [3.63, 3.8) is 0 Å². The van der Waals surface area contributed by atoms with Crippen molar-refractivity contribution in [1.82, 2.24) is 15.2 Å². The first kappa shape index (κ1) is 17.6. The van der Waals surface area contributed by atoms with Gasteiger partial charge in [0.1, 0.15) is 0 Å². The first-order chi connectivity index (χ1) is 12.2. The van der Waals surface area contributed by atoms with Gasteiger partial charge in [-0.3, -0.25) is 14.7 Å². The minimum Gasteiger partial charge on any atom is -0.390 e. The number of β-amino-alcohol motifs (C(OH)–C–C–N with tert-alkyl or cyclic N) is 1. The third-order valence-electron chi connectivity index (χ3n) is 4.80. The number of hydrogen-bond acceptors (Lipinski definition) is 4. The van der Waals surface area contributed by atoms with E-state index >= 15 is 0 Å². The number of rotatable bonds is 5. The average Bonchev–Trinajstić information content (AvgIpc) is 2.65. The summed E-state index contributed by atoms with van der Waals surface area (Å²) in [4.78, 5) is 18.5. The van der Waals surface area contributed by atoms with Gasteiger partial charge in [0.2, 0.25) is 0 Å². The summed E-state index contributed by atoms with van der Waals surface area (Å²) in [6, 6.07) is 11.7. The molecule has 3 rings (SSSR count). The van der Waals surface area contributed by atoms with Gasteiger partial charge >= 0.3 is 0 Å². The predicted octanol–water partition coefficient (Wildman–Crippen LogP) is 2.01. The van der Waals surface area contributed by atoms with Gasteiger partial charge in [0.05, 0.1) is 17.7 Å². The van der Waals surface area contributed by atoms with E-state index in [9.17, 15) is 9.90 Å². The minimum atomic E-state index is -0.567. The van der Waals surface area contributed by atoms with Crippen LogP contribution >= 0.6 is 0 Å². The van der Waals surface area contributed by atoms with Gasteiger partial charge in [-0.1, -0.05) is 31.2 Å². The van der Waals surface area contributed by atoms with Crippen molar-refractivity contribution < 1.29 is 9.90 Å². The van der Waals surface area contributed by atoms with Crippen LogP contribution in [-0.2, 0) is 13.0 Å². The Morgan fingerprint density at radius 2 is 2.08 bits per heavy atom. The zero-order valence-corrected chi connectivity index (χ0v) is 14.6. The molecule has 1 aliphatic heterocycles. The molecule has 0 aliphatic carbocycles. The number of carbonyl (C=O) groups excluding carboxylic acids is 1. The van der Waals surface area contributed by atoms with E-state index in [0.717, 1.165) is 25.9 Å². The number of nitrogens with zero attached hydrogens (tertiary/aromatic N) is 2. The number of nitrogens with one attached hydrogen (secondary N) is 1. The van der Waals surface area contributed by atoms with Gasteiger partial charge in [0.15, 0.2) is 0 Å². The summed E-state index contributed by atoms with van der Waals surface area (Å²) in [7, 11) is 0. The van der Waals surface area contributed by atoms with Crippen molar-refractivity contribution in [3.8, 4) is 0 Å². The van der Waals surface area contributed by atoms with E-state index in [4.69, 9.17) is 0 Å². The van der Waals surface area contributed by atoms with Crippen LogP contribution in [0.3, 0.4) is 0 Å². The Labute approximate surface area is 148 Å². The van der Waals surface area contributed by atoms with Crippen LogP contribution in [-0.4, -0.2) is 46.1 Å². The van der Waals surface area contributed by atoms with E-state index in [1.807, 2.05) is 0 Å². The highest BCUT2D eigenvalue weighted by atomic mass is 16.3. The molecule has 2 atom stereocenters. The molecule has 0 saturated carbocycles. The smallest absolute Gasteiger partial charge is 0.253 e. The lowest BCUT2D eigenvalue weighted by molar-refractivity contribution is 0.0349. The standard InChI is InChI=1S/C20H25N3O2/c1-2-15-6-3-4-7-17(15)13-23-11-9-18(19(24)14-23)22-20(25)16-8-5-10-21-12-16/h3-8,10,12,18-19,24H,2,9,11,13-14H2,1H3,(H,22,25)/t18-,19-/m1/s1. The molecule has 2 aromatic rings. The van der Waals surface area contributed by atoms with E-state index in [1.54, 1.807) is 24.5 Å². The molecular formula is C20H25N3O2. The first-order valence-electron chi connectivity index (χ1n) is 8.85. The van der Waals surface area contributed by atoms with Crippen LogP contribution in [0.1, 0.15) is 34.8 Å². The third kappa shape index (κ3) is 4.44. The van der Waals surface area contributed by atoms with Gasteiger partial charge in [-0.25, -0.2) is 0 Å². The number of aromatic nitrogens is 1. The van der Waals surface area contributed by atoms with Crippen molar-refractivity contribution in [3.05, 3.63) is 65.5 Å². The van der Waals surface area contributed by atoms with Crippen molar-refractivity contribution in [2.75, 3.05) is 13.1 Å². The second-order valence-electron chi connectivity index (χ2n) is 6.54. The number of aliphatic hydroxyl groups is 1. The summed E-state index contributed by atoms with van der Waals surface area (Å²) in [5.74, 6) is -0.179. The largest absolute Gasteiger partial charge is 0.390 e. The molecule has 0 radical (unpaired) electrons. The molecular weight excluding hydrogens is 314 g/mol. The molecule has 1 saturated heterocycles. The molecule has 0 unspecified atom stereocenters. The molecule has 0 bridgehead atoms. The predicted molar refractivity (Wildman–Crippen MR) is 97.2 cm³/mol. The fourth-order valence-electron chi connectivity index (χ4n) is 3.36. The van der Waals surface area contributed by atoms with Crippen LogP contribution in [0.15, 0.2) is 48.8 Å². The van der Waals surface area contributed by atoms with Gasteiger partial charge in [-0.15, -0.1) is 0 Å². The van der Waals surface area contributed by atoms with Gasteiger partial charge in [0, 0.05) is 32.0 Å². The van der Waals surface area contributed by atoms with E-state index < -0.39 is 6.10 Å². The van der Waals surface area contributed by atoms with Crippen molar-refractivity contribution >= 4 is 5.91 Å². The normalized spacial score (nSPS) is 21.0. The van der Waals surface area contributed by atoms with E-state index in [1.165, 1.54) is 11.1 Å². The lowest BCUT2D eigenvalue weighted by Gasteiger charge is -2.36. The highest BCUT2D eigenvalue weighted by Crippen LogP contribution is 2.18. The zero-order chi connectivity index (χ0) is 17.6. The fraction of sp³-hybridized carbons (Fsp3) is 0.400. The molecule has 0 spiro atoms. The second-order valence-corrected chi connectivity index (χ2v) is 6.54. The molecule has 1 fully saturated rings. The number of hydrogen-bond donors (Lipinski definition) is 2. The molecule has 1 aromatic carbocycles. The van der Waals surface area contributed by atoms with Crippen molar-refractivity contribution in [2.45, 2.75) is 38.5 Å². The van der Waals surface area contributed by atoms with Crippen LogP contribution in [0.2, 0.25) is 0 Å². The summed E-state index contributed by atoms with van der Waals surface area (Å²) in [5.41, 5.74) is 3.19. The summed E-state index contributed by atoms with van der Waals surface area (Å²) >= 11 is 0. The molecule has 1 aromatic heterocycles. The number of pyridine rings is 1. The van der Waals surface area contributed by atoms with Crippen LogP contribution in [0, 0.1) is 0 Å². The lowest BCUT2D eigenvalue weighted by atomic mass is 9.99. The highest BCUT2D eigenvalue weighted by molar-refractivity contribution is 5.94. The second kappa shape index (κ2) is 8.23. The number of likely N-dealkylation sites (tertiary alicyclic amines) is 1. The number of aryl methyl sites for hydroxylation is 1. The van der Waals surface area contributed by atoms with Gasteiger partial charge < -0.3 is 10.4 Å². The summed E-state index contributed by atoms with van der Waals surface area (Å²) < 4.78 is 0. The molecule has 2 N–H and O–H groups in total. The first-order valence-corrected chi connectivity index (χ1v) is 8.85. The van der Waals surface area contributed by atoms with Gasteiger partial charge in [-0.05, 0) is 36.1 Å². The molecule has 1 amide bonds. The van der Waals surface area contributed by atoms with Crippen molar-refractivity contribution in [2.24, 2.45) is 0 Å². The molecule has 5 heteroatoms. The SMILES string of the molecule is CCc1ccccc1CN1CC[C@@H](NC(=O)c2cccnc2)[C@H](O)C1. The summed E-state index contributed by atoms with van der Waals surface area (Å²) in [5, 5.41) is 13.4. The zero-order valence-electron chi connectivity index (χ0n) is 14.6. The lowest BCUT2D eigenvalue weighted by Crippen LogP contribution is -2.53. The Kier molecular flexibility index (Phi) is 5.79. The number of amides is 1. The third-order valence-corrected chi connectivity index (χ3v) is 4.80. The van der Waals surface area contributed by atoms with Gasteiger partial charge in [0.25, 0.3) is 5.91 Å². The Bertz CT molecular complexity index is 705. The molecule has 1 aliphatic rings. The van der Waals surface area contributed by atoms with E-state index in [-0.39, 0.29) is 11.9 Å². The van der Waals surface area contributed by atoms with E-state index in [0.29, 0.717) is 12.1 Å². The Balaban J connectivity index is 1.56. The molecule has 25 heavy (non-hydrogen) atoms. The van der Waals surface area contributed by atoms with Crippen molar-refractivity contribution in [1.29, 1.82) is 0 Å². The Morgan fingerprint density at radius 1 is 1.28 bits per heavy atom. The molecule has 132 valence electrons. The number of carbonyl (C=O) groups is 1. The molecule has 2 heterocycles. The quantitative estimate of drug-likeness (QED) is 0.875. The maximum Gasteiger partial charge on any atom is 0.253 e. The summed E-state index contributed by atoms with van der Waals surface area (Å²) in [6.45, 7) is 4.42. The van der Waals surface area contributed by atoms with E-state index in [2.05, 4.69) is 46.4 Å². The molecule has 5 nitrogen and oxygen atoms in total. The number of piperidine rings is 1. The van der Waals surface area contributed by atoms with Crippen LogP contribution in [0.4, 0.5) is 0 Å². The van der Waals surface area contributed by atoms with Crippen LogP contribution < -0.4 is 5.32 Å². The Morgan fingerprint density at radius 3 is 2.76 bits per heavy atom. The number of benzene rings is 1. The topological polar surface area (TPSA) is 65.5 Å². The maximum absolute atomic E-state index is 12.2. The average molecular weight is 339 g/mol. The monoisotopic (exact) mass is 339 g/mol. The van der Waals surface area contributed by atoms with Crippen LogP contribution in [0.25, 0.3) is 0 Å². The minimum absolute atomic E-state index is 0.179. The number of aliphatic hydroxyl groups excluding tert-OH is 1. The maximum atomic E-state index is 12.2. The highest BCUT2D eigenvalue weighted by Gasteiger charge is 2.29. The Hall–Kier alpha value is -2.24. The fourth-order valence-corrected chi connectivity index (χ4v) is 3.36. The van der Waals surface area contributed by atoms with Crippen LogP contribution in [0.5, 0.6) is 0 Å². The van der Waals surface area contributed by atoms with Gasteiger partial charge in [-0.2, -0.15) is 0 Å². The summed E-state index contributed by atoms with van der Waals surface area (Å²) in [6.07, 6.45) is 4.36.